The number of unbranched alkanes of at least 4 members (excludes halogenated alkanes) is 17. The summed E-state index contributed by atoms with van der Waals surface area (Å²) in [6, 6.07) is 0. The number of likely N-dealkylation sites (N-methyl/N-ethyl adjacent to an activating group) is 1. The number of hydrogen-bond donors (Lipinski definition) is 1. The van der Waals surface area contributed by atoms with Crippen LogP contribution in [0.15, 0.2) is 0 Å². The highest BCUT2D eigenvalue weighted by molar-refractivity contribution is 7.47. The monoisotopic (exact) mass is 636 g/mol. The van der Waals surface area contributed by atoms with Crippen LogP contribution in [-0.2, 0) is 32.7 Å². The minimum atomic E-state index is -4.35. The van der Waals surface area contributed by atoms with Gasteiger partial charge in [-0.15, -0.1) is 0 Å². The van der Waals surface area contributed by atoms with E-state index < -0.39 is 26.5 Å². The number of nitrogens with zero attached hydrogens (tertiary/aromatic N) is 1. The zero-order chi connectivity index (χ0) is 32.2. The molecule has 0 aliphatic carbocycles. The molecule has 0 aromatic carbocycles. The van der Waals surface area contributed by atoms with Gasteiger partial charge < -0.3 is 18.9 Å². The quantitative estimate of drug-likeness (QED) is 0.0349. The molecule has 2 atom stereocenters. The van der Waals surface area contributed by atoms with Crippen LogP contribution in [0.5, 0.6) is 0 Å². The molecule has 0 saturated carbocycles. The van der Waals surface area contributed by atoms with Gasteiger partial charge in [0.05, 0.1) is 27.7 Å². The summed E-state index contributed by atoms with van der Waals surface area (Å²) < 4.78 is 34.0. The molecule has 2 unspecified atom stereocenters. The van der Waals surface area contributed by atoms with Gasteiger partial charge in [-0.3, -0.25) is 18.6 Å². The number of hydrogen-bond acceptors (Lipinski definition) is 7. The maximum Gasteiger partial charge on any atom is 0.472 e. The lowest BCUT2D eigenvalue weighted by molar-refractivity contribution is -0.870. The van der Waals surface area contributed by atoms with Gasteiger partial charge in [-0.25, -0.2) is 4.57 Å². The summed E-state index contributed by atoms with van der Waals surface area (Å²) in [5.41, 5.74) is 0. The largest absolute Gasteiger partial charge is 0.472 e. The molecule has 0 heterocycles. The van der Waals surface area contributed by atoms with Crippen molar-refractivity contribution >= 4 is 19.8 Å². The summed E-state index contributed by atoms with van der Waals surface area (Å²) >= 11 is 0. The number of esters is 2. The molecule has 10 heteroatoms. The van der Waals surface area contributed by atoms with E-state index in [1.165, 1.54) is 83.5 Å². The Kier molecular flexibility index (Phi) is 26.7. The second kappa shape index (κ2) is 27.3. The molecule has 256 valence electrons. The highest BCUT2D eigenvalue weighted by Gasteiger charge is 2.27. The van der Waals surface area contributed by atoms with Crippen molar-refractivity contribution in [3.63, 3.8) is 0 Å². The van der Waals surface area contributed by atoms with Gasteiger partial charge in [-0.2, -0.15) is 0 Å². The summed E-state index contributed by atoms with van der Waals surface area (Å²) in [5, 5.41) is 0. The van der Waals surface area contributed by atoms with Gasteiger partial charge in [0.15, 0.2) is 6.10 Å². The van der Waals surface area contributed by atoms with Crippen LogP contribution in [-0.4, -0.2) is 74.9 Å². The fraction of sp³-hybridized carbons (Fsp3) is 0.939. The number of phosphoric ester groups is 1. The van der Waals surface area contributed by atoms with Gasteiger partial charge in [0.2, 0.25) is 0 Å². The Morgan fingerprint density at radius 2 is 1.05 bits per heavy atom. The van der Waals surface area contributed by atoms with Crippen LogP contribution in [0, 0.1) is 0 Å². The van der Waals surface area contributed by atoms with E-state index in [0.717, 1.165) is 32.1 Å². The Morgan fingerprint density at radius 3 is 1.49 bits per heavy atom. The molecule has 0 aromatic heterocycles. The van der Waals surface area contributed by atoms with E-state index in [9.17, 15) is 19.0 Å². The standard InChI is InChI=1S/C33H66NO8P/c1-6-8-10-12-14-16-18-20-22-24-26-33(36)42-31(30-41-43(37,38)40-28-27-34(3,4)5)29-39-32(35)25-23-21-19-17-15-13-11-9-7-2/h31H,6-30H2,1-5H3/p+1. The average molecular weight is 637 g/mol. The average Bonchev–Trinajstić information content (AvgIpc) is 2.93. The van der Waals surface area contributed by atoms with Gasteiger partial charge in [0.25, 0.3) is 0 Å². The van der Waals surface area contributed by atoms with Crippen LogP contribution in [0.25, 0.3) is 0 Å². The molecule has 0 spiro atoms. The van der Waals surface area contributed by atoms with Gasteiger partial charge in [-0.1, -0.05) is 123 Å². The van der Waals surface area contributed by atoms with E-state index >= 15 is 0 Å². The van der Waals surface area contributed by atoms with Crippen molar-refractivity contribution in [2.45, 2.75) is 155 Å². The van der Waals surface area contributed by atoms with Gasteiger partial charge in [-0.05, 0) is 12.8 Å². The first-order valence-corrected chi connectivity index (χ1v) is 18.8. The van der Waals surface area contributed by atoms with Crippen molar-refractivity contribution in [1.29, 1.82) is 0 Å². The van der Waals surface area contributed by atoms with E-state index in [0.29, 0.717) is 23.9 Å². The number of ether oxygens (including phenoxy) is 2. The molecule has 0 radical (unpaired) electrons. The van der Waals surface area contributed by atoms with Gasteiger partial charge in [0, 0.05) is 12.8 Å². The summed E-state index contributed by atoms with van der Waals surface area (Å²) in [6.45, 7) is 4.37. The summed E-state index contributed by atoms with van der Waals surface area (Å²) in [6.07, 6.45) is 21.5. The van der Waals surface area contributed by atoms with Crippen molar-refractivity contribution in [1.82, 2.24) is 0 Å². The fourth-order valence-electron chi connectivity index (χ4n) is 4.60. The molecule has 0 aliphatic rings. The molecule has 0 saturated heterocycles. The predicted octanol–water partition coefficient (Wildman–Crippen LogP) is 8.51. The molecule has 0 bridgehead atoms. The molecule has 9 nitrogen and oxygen atoms in total. The Morgan fingerprint density at radius 1 is 0.628 bits per heavy atom. The highest BCUT2D eigenvalue weighted by Crippen LogP contribution is 2.43. The molecular formula is C33H67NO8P+. The normalized spacial score (nSPS) is 13.9. The molecule has 0 aliphatic heterocycles. The SMILES string of the molecule is CCCCCCCCCCCCC(=O)OC(COC(=O)CCCCCCCCCCC)COP(=O)(O)OCC[N+](C)(C)C. The molecule has 0 amide bonds. The lowest BCUT2D eigenvalue weighted by atomic mass is 10.1. The number of quaternary nitrogens is 1. The van der Waals surface area contributed by atoms with Crippen LogP contribution in [0.3, 0.4) is 0 Å². The zero-order valence-electron chi connectivity index (χ0n) is 28.5. The van der Waals surface area contributed by atoms with Crippen molar-refractivity contribution in [3.05, 3.63) is 0 Å². The molecule has 43 heavy (non-hydrogen) atoms. The predicted molar refractivity (Wildman–Crippen MR) is 174 cm³/mol. The summed E-state index contributed by atoms with van der Waals surface area (Å²) in [5.74, 6) is -0.799. The first kappa shape index (κ1) is 42.0. The van der Waals surface area contributed by atoms with Crippen molar-refractivity contribution in [3.8, 4) is 0 Å². The molecule has 0 rings (SSSR count). The van der Waals surface area contributed by atoms with E-state index in [-0.39, 0.29) is 25.6 Å². The van der Waals surface area contributed by atoms with E-state index in [4.69, 9.17) is 18.5 Å². The van der Waals surface area contributed by atoms with Crippen LogP contribution in [0.2, 0.25) is 0 Å². The molecule has 0 fully saturated rings. The lowest BCUT2D eigenvalue weighted by Gasteiger charge is -2.24. The first-order valence-electron chi connectivity index (χ1n) is 17.3. The third-order valence-corrected chi connectivity index (χ3v) is 8.37. The Labute approximate surface area is 264 Å². The maximum absolute atomic E-state index is 12.5. The minimum Gasteiger partial charge on any atom is -0.462 e. The number of carbonyl (C=O) groups excluding carboxylic acids is 2. The summed E-state index contributed by atoms with van der Waals surface area (Å²) in [4.78, 5) is 34.9. The van der Waals surface area contributed by atoms with Crippen LogP contribution in [0.4, 0.5) is 0 Å². The smallest absolute Gasteiger partial charge is 0.462 e. The maximum atomic E-state index is 12.5. The first-order chi connectivity index (χ1) is 20.5. The van der Waals surface area contributed by atoms with Crippen LogP contribution >= 0.6 is 7.82 Å². The number of phosphoric acid groups is 1. The zero-order valence-corrected chi connectivity index (χ0v) is 29.3. The van der Waals surface area contributed by atoms with E-state index in [1.807, 2.05) is 21.1 Å². The number of rotatable bonds is 31. The second-order valence-electron chi connectivity index (χ2n) is 12.9. The highest BCUT2D eigenvalue weighted by atomic mass is 31.2. The molecule has 0 aromatic rings. The lowest BCUT2D eigenvalue weighted by Crippen LogP contribution is -2.37. The second-order valence-corrected chi connectivity index (χ2v) is 14.4. The Balaban J connectivity index is 4.49. The van der Waals surface area contributed by atoms with E-state index in [1.54, 1.807) is 0 Å². The topological polar surface area (TPSA) is 108 Å². The van der Waals surface area contributed by atoms with Crippen molar-refractivity contribution < 1.29 is 42.1 Å². The minimum absolute atomic E-state index is 0.0359. The third-order valence-electron chi connectivity index (χ3n) is 7.39. The van der Waals surface area contributed by atoms with Crippen molar-refractivity contribution in [2.75, 3.05) is 47.5 Å². The Bertz CT molecular complexity index is 728. The van der Waals surface area contributed by atoms with Gasteiger partial charge >= 0.3 is 19.8 Å². The van der Waals surface area contributed by atoms with E-state index in [2.05, 4.69) is 13.8 Å². The van der Waals surface area contributed by atoms with Crippen LogP contribution in [0.1, 0.15) is 149 Å². The van der Waals surface area contributed by atoms with Gasteiger partial charge in [0.1, 0.15) is 19.8 Å². The Hall–Kier alpha value is -0.990. The van der Waals surface area contributed by atoms with Crippen LogP contribution < -0.4 is 0 Å². The third kappa shape index (κ3) is 30.8. The number of carbonyl (C=O) groups is 2. The fourth-order valence-corrected chi connectivity index (χ4v) is 5.34. The molecular weight excluding hydrogens is 569 g/mol. The summed E-state index contributed by atoms with van der Waals surface area (Å²) in [7, 11) is 1.48. The molecule has 1 N–H and O–H groups in total. The van der Waals surface area contributed by atoms with Crippen molar-refractivity contribution in [2.24, 2.45) is 0 Å².